The molecule has 0 amide bonds. The summed E-state index contributed by atoms with van der Waals surface area (Å²) in [4.78, 5) is 11.7. The lowest BCUT2D eigenvalue weighted by molar-refractivity contribution is 0.0360. The topological polar surface area (TPSA) is 59.4 Å². The lowest BCUT2D eigenvalue weighted by Gasteiger charge is -2.19. The van der Waals surface area contributed by atoms with E-state index in [0.29, 0.717) is 0 Å². The minimum absolute atomic E-state index is 0.177. The van der Waals surface area contributed by atoms with E-state index >= 15 is 0 Å². The maximum atomic E-state index is 12.7. The lowest BCUT2D eigenvalue weighted by Crippen LogP contribution is -2.29. The Morgan fingerprint density at radius 2 is 1.95 bits per heavy atom. The third kappa shape index (κ3) is 5.91. The van der Waals surface area contributed by atoms with Crippen LogP contribution >= 0.6 is 34.8 Å². The zero-order chi connectivity index (χ0) is 16.0. The first-order valence-electron chi connectivity index (χ1n) is 5.61. The van der Waals surface area contributed by atoms with E-state index in [9.17, 15) is 9.18 Å². The highest BCUT2D eigenvalue weighted by Gasteiger charge is 2.30. The van der Waals surface area contributed by atoms with Crippen molar-refractivity contribution in [2.24, 2.45) is 0 Å². The van der Waals surface area contributed by atoms with E-state index in [1.807, 2.05) is 0 Å². The van der Waals surface area contributed by atoms with Crippen LogP contribution in [0.15, 0.2) is 36.9 Å². The molecule has 1 aromatic carbocycles. The Bertz CT molecular complexity index is 528. The van der Waals surface area contributed by atoms with Gasteiger partial charge in [-0.25, -0.2) is 9.18 Å². The number of hydrogen-bond acceptors (Lipinski definition) is 4. The van der Waals surface area contributed by atoms with Crippen molar-refractivity contribution in [1.82, 2.24) is 0 Å². The van der Waals surface area contributed by atoms with Crippen molar-refractivity contribution in [3.8, 4) is 0 Å². The first-order chi connectivity index (χ1) is 9.74. The number of benzene rings is 1. The van der Waals surface area contributed by atoms with Crippen LogP contribution in [-0.2, 0) is 9.47 Å². The number of hydrogen-bond donors (Lipinski definition) is 1. The molecule has 0 fully saturated rings. The molecule has 0 bridgehead atoms. The first-order valence-corrected chi connectivity index (χ1v) is 6.75. The van der Waals surface area contributed by atoms with E-state index in [1.165, 1.54) is 18.2 Å². The average molecular weight is 355 g/mol. The second kappa shape index (κ2) is 7.64. The van der Waals surface area contributed by atoms with Crippen LogP contribution in [0.2, 0.25) is 0 Å². The number of carbonyl (C=O) groups is 1. The highest BCUT2D eigenvalue weighted by Crippen LogP contribution is 2.28. The molecule has 0 aliphatic carbocycles. The Morgan fingerprint density at radius 3 is 2.43 bits per heavy atom. The fraction of sp³-hybridized carbons (Fsp3) is 0.231. The zero-order valence-corrected chi connectivity index (χ0v) is 12.9. The summed E-state index contributed by atoms with van der Waals surface area (Å²) >= 11 is 16.4. The molecule has 1 atom stereocenters. The molecule has 0 aliphatic rings. The van der Waals surface area contributed by atoms with E-state index in [2.05, 4.69) is 6.58 Å². The average Bonchev–Trinajstić information content (AvgIpc) is 2.42. The molecule has 0 aliphatic heterocycles. The van der Waals surface area contributed by atoms with Gasteiger partial charge in [0.1, 0.15) is 12.4 Å². The molecule has 1 N–H and O–H groups in total. The van der Waals surface area contributed by atoms with Crippen LogP contribution in [0.5, 0.6) is 0 Å². The maximum absolute atomic E-state index is 12.7. The predicted molar refractivity (Wildman–Crippen MR) is 79.8 cm³/mol. The number of carbonyl (C=O) groups excluding carboxylic acids is 1. The number of alkyl halides is 3. The van der Waals surface area contributed by atoms with Crippen molar-refractivity contribution < 1.29 is 18.7 Å². The van der Waals surface area contributed by atoms with E-state index in [4.69, 9.17) is 49.7 Å². The number of ether oxygens (including phenoxy) is 2. The largest absolute Gasteiger partial charge is 0.467 e. The second-order valence-corrected chi connectivity index (χ2v) is 6.11. The number of rotatable bonds is 5. The lowest BCUT2D eigenvalue weighted by atomic mass is 10.2. The van der Waals surface area contributed by atoms with Crippen LogP contribution in [0.3, 0.4) is 0 Å². The van der Waals surface area contributed by atoms with Crippen LogP contribution in [0, 0.1) is 11.2 Å². The van der Waals surface area contributed by atoms with Gasteiger partial charge in [0.05, 0.1) is 5.56 Å². The summed E-state index contributed by atoms with van der Waals surface area (Å²) in [5, 5.41) is 7.40. The molecular weight excluding hydrogens is 344 g/mol. The molecule has 1 aromatic rings. The normalized spacial score (nSPS) is 12.4. The van der Waals surface area contributed by atoms with Gasteiger partial charge in [0.15, 0.2) is 6.10 Å². The van der Waals surface area contributed by atoms with Gasteiger partial charge in [-0.05, 0) is 30.3 Å². The van der Waals surface area contributed by atoms with Gasteiger partial charge in [-0.3, -0.25) is 5.41 Å². The number of halogens is 4. The summed E-state index contributed by atoms with van der Waals surface area (Å²) in [6.45, 7) is 3.23. The standard InChI is InChI=1S/C13H11Cl3FNO3/c1-2-10(21-12(18)13(14,15)16)7-20-11(19)8-3-5-9(17)6-4-8/h2-6,10,18H,1,7H2. The number of esters is 1. The molecule has 0 heterocycles. The fourth-order valence-corrected chi connectivity index (χ4v) is 1.33. The van der Waals surface area contributed by atoms with Gasteiger partial charge in [0, 0.05) is 0 Å². The molecule has 4 nitrogen and oxygen atoms in total. The second-order valence-electron chi connectivity index (χ2n) is 3.82. The Morgan fingerprint density at radius 1 is 1.38 bits per heavy atom. The van der Waals surface area contributed by atoms with Gasteiger partial charge in [0.2, 0.25) is 5.90 Å². The van der Waals surface area contributed by atoms with Gasteiger partial charge in [0.25, 0.3) is 3.79 Å². The summed E-state index contributed by atoms with van der Waals surface area (Å²) in [5.41, 5.74) is 0.177. The van der Waals surface area contributed by atoms with Crippen LogP contribution in [0.25, 0.3) is 0 Å². The minimum atomic E-state index is -2.01. The van der Waals surface area contributed by atoms with Gasteiger partial charge >= 0.3 is 5.97 Å². The van der Waals surface area contributed by atoms with Crippen LogP contribution in [0.1, 0.15) is 10.4 Å². The van der Waals surface area contributed by atoms with Crippen molar-refractivity contribution in [3.05, 3.63) is 48.3 Å². The third-order valence-electron chi connectivity index (χ3n) is 2.25. The van der Waals surface area contributed by atoms with Gasteiger partial charge in [-0.2, -0.15) is 0 Å². The molecule has 21 heavy (non-hydrogen) atoms. The molecule has 0 spiro atoms. The molecule has 114 valence electrons. The molecule has 8 heteroatoms. The Labute approximate surface area is 135 Å². The Balaban J connectivity index is 2.55. The monoisotopic (exact) mass is 353 g/mol. The fourth-order valence-electron chi connectivity index (χ4n) is 1.20. The van der Waals surface area contributed by atoms with Crippen LogP contribution < -0.4 is 0 Å². The van der Waals surface area contributed by atoms with E-state index in [0.717, 1.165) is 12.1 Å². The molecule has 1 unspecified atom stereocenters. The van der Waals surface area contributed by atoms with Crippen molar-refractivity contribution >= 4 is 46.7 Å². The Hall–Kier alpha value is -1.30. The SMILES string of the molecule is C=CC(COC(=O)c1ccc(F)cc1)OC(=N)C(Cl)(Cl)Cl. The molecule has 0 saturated heterocycles. The summed E-state index contributed by atoms with van der Waals surface area (Å²) in [6, 6.07) is 4.84. The van der Waals surface area contributed by atoms with Gasteiger partial charge in [-0.15, -0.1) is 0 Å². The molecule has 0 saturated carbocycles. The summed E-state index contributed by atoms with van der Waals surface area (Å²) in [7, 11) is 0. The minimum Gasteiger partial charge on any atom is -0.467 e. The van der Waals surface area contributed by atoms with Crippen LogP contribution in [0.4, 0.5) is 4.39 Å². The molecule has 0 radical (unpaired) electrons. The predicted octanol–water partition coefficient (Wildman–Crippen LogP) is 3.90. The summed E-state index contributed by atoms with van der Waals surface area (Å²) < 4.78 is 20.7. The van der Waals surface area contributed by atoms with E-state index < -0.39 is 27.6 Å². The summed E-state index contributed by atoms with van der Waals surface area (Å²) in [6.07, 6.45) is 0.445. The number of nitrogens with one attached hydrogen (secondary N) is 1. The van der Waals surface area contributed by atoms with Gasteiger partial charge in [-0.1, -0.05) is 41.4 Å². The quantitative estimate of drug-likeness (QED) is 0.287. The zero-order valence-electron chi connectivity index (χ0n) is 10.6. The molecule has 1 rings (SSSR count). The van der Waals surface area contributed by atoms with E-state index in [-0.39, 0.29) is 12.2 Å². The highest BCUT2D eigenvalue weighted by atomic mass is 35.6. The van der Waals surface area contributed by atoms with Crippen LogP contribution in [-0.4, -0.2) is 28.4 Å². The van der Waals surface area contributed by atoms with Crippen molar-refractivity contribution in [2.75, 3.05) is 6.61 Å². The van der Waals surface area contributed by atoms with E-state index in [1.54, 1.807) is 0 Å². The Kier molecular flexibility index (Phi) is 6.45. The smallest absolute Gasteiger partial charge is 0.338 e. The maximum Gasteiger partial charge on any atom is 0.338 e. The molecular formula is C13H11Cl3FNO3. The van der Waals surface area contributed by atoms with Crippen molar-refractivity contribution in [1.29, 1.82) is 5.41 Å². The highest BCUT2D eigenvalue weighted by molar-refractivity contribution is 6.76. The first kappa shape index (κ1) is 17.8. The van der Waals surface area contributed by atoms with Gasteiger partial charge < -0.3 is 9.47 Å². The van der Waals surface area contributed by atoms with Crippen molar-refractivity contribution in [2.45, 2.75) is 9.90 Å². The van der Waals surface area contributed by atoms with Crippen molar-refractivity contribution in [3.63, 3.8) is 0 Å². The summed E-state index contributed by atoms with van der Waals surface area (Å²) in [5.74, 6) is -1.75. The third-order valence-corrected chi connectivity index (χ3v) is 2.76. The molecule has 0 aromatic heterocycles.